The Labute approximate surface area is 240 Å². The van der Waals surface area contributed by atoms with Crippen LogP contribution in [-0.2, 0) is 16.0 Å². The van der Waals surface area contributed by atoms with Gasteiger partial charge in [0.1, 0.15) is 22.8 Å². The second-order valence-electron chi connectivity index (χ2n) is 11.3. The van der Waals surface area contributed by atoms with E-state index in [4.69, 9.17) is 5.73 Å². The Balaban J connectivity index is 1.57. The second-order valence-corrected chi connectivity index (χ2v) is 11.3. The Morgan fingerprint density at radius 1 is 1.00 bits per heavy atom. The Morgan fingerprint density at radius 3 is 2.31 bits per heavy atom. The standard InChI is InChI=1S/C32H28N2O8/c1-34(2)26-21-12-15-11-20-19(18-8-7-14(13-35)16-5-3-4-6-17(16)18)9-10-22(36)24(20)27(37)23(15)29(39)32(21,42)30(40)25(28(26)38)31(33)41/h3-10,13,15,21,26,36,38-39,42H,11-12H2,1-2H3,(H2,33,41)/t15-,21-,26-,32-/m0/s1. The topological polar surface area (TPSA) is 178 Å². The summed E-state index contributed by atoms with van der Waals surface area (Å²) in [5.74, 6) is -6.98. The number of nitrogens with two attached hydrogens (primary N) is 1. The van der Waals surface area contributed by atoms with Crippen LogP contribution in [0.2, 0.25) is 0 Å². The molecule has 0 aliphatic heterocycles. The maximum Gasteiger partial charge on any atom is 0.255 e. The molecule has 10 nitrogen and oxygen atoms in total. The molecule has 0 radical (unpaired) electrons. The molecule has 0 spiro atoms. The molecule has 6 rings (SSSR count). The number of amides is 1. The van der Waals surface area contributed by atoms with Crippen molar-refractivity contribution in [1.29, 1.82) is 0 Å². The predicted octanol–water partition coefficient (Wildman–Crippen LogP) is 2.75. The molecule has 0 saturated heterocycles. The number of likely N-dealkylation sites (N-methyl/N-ethyl adjacent to an activating group) is 1. The zero-order valence-electron chi connectivity index (χ0n) is 22.8. The zero-order valence-corrected chi connectivity index (χ0v) is 22.8. The van der Waals surface area contributed by atoms with Crippen molar-refractivity contribution in [2.75, 3.05) is 14.1 Å². The number of ketones is 2. The summed E-state index contributed by atoms with van der Waals surface area (Å²) >= 11 is 0. The molecule has 3 aromatic rings. The fraction of sp³-hybridized carbons (Fsp3) is 0.250. The lowest BCUT2D eigenvalue weighted by molar-refractivity contribution is -0.148. The highest BCUT2D eigenvalue weighted by Gasteiger charge is 2.63. The van der Waals surface area contributed by atoms with E-state index in [0.29, 0.717) is 16.7 Å². The molecule has 0 bridgehead atoms. The molecule has 3 aromatic carbocycles. The fourth-order valence-electron chi connectivity index (χ4n) is 7.16. The SMILES string of the molecule is CN(C)[C@@H]1C(O)=C(C(N)=O)C(=O)[C@@]2(O)C(O)=C3C(=O)c4c(O)ccc(-c5ccc(C=O)c6ccccc56)c4C[C@H]3C[C@@H]12. The molecule has 10 heteroatoms. The van der Waals surface area contributed by atoms with Crippen LogP contribution in [0, 0.1) is 11.8 Å². The van der Waals surface area contributed by atoms with Gasteiger partial charge in [0, 0.05) is 17.1 Å². The number of rotatable bonds is 4. The number of aldehydes is 1. The Morgan fingerprint density at radius 2 is 1.67 bits per heavy atom. The monoisotopic (exact) mass is 568 g/mol. The third kappa shape index (κ3) is 3.52. The number of aliphatic hydroxyl groups is 3. The number of benzene rings is 3. The lowest BCUT2D eigenvalue weighted by atomic mass is 9.58. The van der Waals surface area contributed by atoms with Gasteiger partial charge in [-0.15, -0.1) is 0 Å². The van der Waals surface area contributed by atoms with E-state index in [9.17, 15) is 39.6 Å². The number of primary amides is 1. The van der Waals surface area contributed by atoms with Crippen molar-refractivity contribution in [2.45, 2.75) is 24.5 Å². The smallest absolute Gasteiger partial charge is 0.255 e. The molecule has 3 aliphatic rings. The zero-order chi connectivity index (χ0) is 30.2. The number of carbonyl (C=O) groups is 4. The van der Waals surface area contributed by atoms with Crippen LogP contribution in [0.15, 0.2) is 71.2 Å². The highest BCUT2D eigenvalue weighted by molar-refractivity contribution is 6.25. The number of phenols is 1. The highest BCUT2D eigenvalue weighted by atomic mass is 16.3. The van der Waals surface area contributed by atoms with Crippen LogP contribution in [-0.4, -0.2) is 74.8 Å². The van der Waals surface area contributed by atoms with Crippen molar-refractivity contribution in [3.8, 4) is 16.9 Å². The average Bonchev–Trinajstić information content (AvgIpc) is 2.94. The average molecular weight is 569 g/mol. The van der Waals surface area contributed by atoms with Crippen LogP contribution in [0.3, 0.4) is 0 Å². The van der Waals surface area contributed by atoms with Gasteiger partial charge < -0.3 is 26.2 Å². The summed E-state index contributed by atoms with van der Waals surface area (Å²) in [7, 11) is 3.16. The van der Waals surface area contributed by atoms with Gasteiger partial charge in [0.2, 0.25) is 5.78 Å². The molecular formula is C32H28N2O8. The molecule has 0 fully saturated rings. The molecule has 0 saturated carbocycles. The number of Topliss-reactive ketones (excluding diaryl/α,β-unsaturated/α-hetero) is 2. The van der Waals surface area contributed by atoms with Gasteiger partial charge in [-0.05, 0) is 66.4 Å². The first-order valence-electron chi connectivity index (χ1n) is 13.4. The molecule has 42 heavy (non-hydrogen) atoms. The van der Waals surface area contributed by atoms with Crippen molar-refractivity contribution in [2.24, 2.45) is 17.6 Å². The van der Waals surface area contributed by atoms with E-state index in [-0.39, 0.29) is 29.7 Å². The van der Waals surface area contributed by atoms with Crippen LogP contribution < -0.4 is 5.73 Å². The van der Waals surface area contributed by atoms with Crippen molar-refractivity contribution in [3.05, 3.63) is 87.9 Å². The summed E-state index contributed by atoms with van der Waals surface area (Å²) < 4.78 is 0. The highest BCUT2D eigenvalue weighted by Crippen LogP contribution is 2.53. The van der Waals surface area contributed by atoms with Crippen molar-refractivity contribution in [1.82, 2.24) is 4.90 Å². The summed E-state index contributed by atoms with van der Waals surface area (Å²) in [5, 5.41) is 46.6. The van der Waals surface area contributed by atoms with E-state index in [0.717, 1.165) is 22.6 Å². The van der Waals surface area contributed by atoms with Gasteiger partial charge in [0.05, 0.1) is 11.6 Å². The van der Waals surface area contributed by atoms with E-state index < -0.39 is 58.0 Å². The minimum Gasteiger partial charge on any atom is -0.510 e. The fourth-order valence-corrected chi connectivity index (χ4v) is 7.16. The molecule has 0 aromatic heterocycles. The first kappa shape index (κ1) is 27.4. The third-order valence-electron chi connectivity index (χ3n) is 8.98. The number of allylic oxidation sites excluding steroid dienone is 1. The maximum absolute atomic E-state index is 14.0. The number of aliphatic hydroxyl groups excluding tert-OH is 2. The van der Waals surface area contributed by atoms with Gasteiger partial charge in [0.15, 0.2) is 17.7 Å². The molecule has 214 valence electrons. The first-order chi connectivity index (χ1) is 19.9. The van der Waals surface area contributed by atoms with Crippen LogP contribution >= 0.6 is 0 Å². The molecule has 0 unspecified atom stereocenters. The number of fused-ring (bicyclic) bond motifs is 4. The third-order valence-corrected chi connectivity index (χ3v) is 8.98. The number of hydrogen-bond acceptors (Lipinski definition) is 9. The van der Waals surface area contributed by atoms with Gasteiger partial charge in [-0.1, -0.05) is 42.5 Å². The van der Waals surface area contributed by atoms with Crippen LogP contribution in [0.25, 0.3) is 21.9 Å². The molecule has 1 amide bonds. The lowest BCUT2D eigenvalue weighted by Gasteiger charge is -2.50. The van der Waals surface area contributed by atoms with Crippen LogP contribution in [0.4, 0.5) is 0 Å². The van der Waals surface area contributed by atoms with E-state index in [1.54, 1.807) is 32.3 Å². The van der Waals surface area contributed by atoms with Crippen LogP contribution in [0.5, 0.6) is 5.75 Å². The number of nitrogens with zero attached hydrogens (tertiary/aromatic N) is 1. The second kappa shape index (κ2) is 9.37. The minimum atomic E-state index is -2.70. The van der Waals surface area contributed by atoms with Gasteiger partial charge in [-0.2, -0.15) is 0 Å². The van der Waals surface area contributed by atoms with Crippen LogP contribution in [0.1, 0.15) is 32.7 Å². The van der Waals surface area contributed by atoms with E-state index >= 15 is 0 Å². The molecule has 4 atom stereocenters. The predicted molar refractivity (Wildman–Crippen MR) is 152 cm³/mol. The summed E-state index contributed by atoms with van der Waals surface area (Å²) in [5.41, 5.74) is 3.94. The van der Waals surface area contributed by atoms with E-state index in [1.807, 2.05) is 24.3 Å². The van der Waals surface area contributed by atoms with Crippen molar-refractivity contribution >= 4 is 34.5 Å². The summed E-state index contributed by atoms with van der Waals surface area (Å²) in [6.45, 7) is 0. The van der Waals surface area contributed by atoms with Gasteiger partial charge in [0.25, 0.3) is 5.91 Å². The van der Waals surface area contributed by atoms with Crippen molar-refractivity contribution < 1.29 is 39.6 Å². The Hall–Kier alpha value is -4.80. The number of aromatic hydroxyl groups is 1. The van der Waals surface area contributed by atoms with Crippen molar-refractivity contribution in [3.63, 3.8) is 0 Å². The molecular weight excluding hydrogens is 540 g/mol. The number of carbonyl (C=O) groups excluding carboxylic acids is 4. The summed E-state index contributed by atoms with van der Waals surface area (Å²) in [6, 6.07) is 12.8. The van der Waals surface area contributed by atoms with Gasteiger partial charge in [-0.25, -0.2) is 0 Å². The summed E-state index contributed by atoms with van der Waals surface area (Å²) in [6.07, 6.45) is 0.915. The van der Waals surface area contributed by atoms with E-state index in [1.165, 1.54) is 11.0 Å². The largest absolute Gasteiger partial charge is 0.510 e. The first-order valence-corrected chi connectivity index (χ1v) is 13.4. The maximum atomic E-state index is 14.0. The van der Waals surface area contributed by atoms with Gasteiger partial charge in [-0.3, -0.25) is 24.1 Å². The number of phenolic OH excluding ortho intramolecular Hbond substituents is 1. The quantitative estimate of drug-likeness (QED) is 0.234. The Bertz CT molecular complexity index is 1820. The Kier molecular flexibility index (Phi) is 6.10. The van der Waals surface area contributed by atoms with E-state index in [2.05, 4.69) is 0 Å². The minimum absolute atomic E-state index is 0.00825. The molecule has 3 aliphatic carbocycles. The van der Waals surface area contributed by atoms with Gasteiger partial charge >= 0.3 is 0 Å². The number of hydrogen-bond donors (Lipinski definition) is 5. The normalized spacial score (nSPS) is 25.4. The lowest BCUT2D eigenvalue weighted by Crippen LogP contribution is -2.63. The molecule has 0 heterocycles. The summed E-state index contributed by atoms with van der Waals surface area (Å²) in [4.78, 5) is 52.9. The molecule has 6 N–H and O–H groups in total.